The van der Waals surface area contributed by atoms with Gasteiger partial charge in [0, 0.05) is 16.8 Å². The normalized spacial score (nSPS) is 37.4. The van der Waals surface area contributed by atoms with Crippen LogP contribution >= 0.6 is 15.9 Å². The molecule has 6 atom stereocenters. The van der Waals surface area contributed by atoms with Gasteiger partial charge in [0.1, 0.15) is 6.61 Å². The van der Waals surface area contributed by atoms with E-state index in [0.29, 0.717) is 24.2 Å². The molecule has 0 aliphatic heterocycles. The number of allylic oxidation sites excluding steroid dienone is 1. The molecule has 184 valence electrons. The summed E-state index contributed by atoms with van der Waals surface area (Å²) in [6.07, 6.45) is 9.48. The van der Waals surface area contributed by atoms with E-state index < -0.39 is 16.7 Å². The van der Waals surface area contributed by atoms with E-state index in [1.165, 1.54) is 17.7 Å². The Morgan fingerprint density at radius 3 is 2.50 bits per heavy atom. The van der Waals surface area contributed by atoms with Gasteiger partial charge in [0.25, 0.3) is 10.1 Å². The van der Waals surface area contributed by atoms with E-state index in [9.17, 15) is 18.0 Å². The fourth-order valence-electron chi connectivity index (χ4n) is 7.99. The molecule has 5 rings (SSSR count). The highest BCUT2D eigenvalue weighted by Crippen LogP contribution is 2.66. The van der Waals surface area contributed by atoms with Crippen LogP contribution in [0.5, 0.6) is 0 Å². The first-order chi connectivity index (χ1) is 16.0. The van der Waals surface area contributed by atoms with Crippen molar-refractivity contribution in [1.29, 1.82) is 0 Å². The van der Waals surface area contributed by atoms with Gasteiger partial charge in [-0.25, -0.2) is 0 Å². The Kier molecular flexibility index (Phi) is 6.22. The Bertz CT molecular complexity index is 1140. The van der Waals surface area contributed by atoms with Gasteiger partial charge in [-0.1, -0.05) is 35.4 Å². The fraction of sp³-hybridized carbons (Fsp3) is 0.630. The molecule has 0 spiro atoms. The van der Waals surface area contributed by atoms with Crippen LogP contribution in [0.3, 0.4) is 0 Å². The molecule has 1 aromatic rings. The summed E-state index contributed by atoms with van der Waals surface area (Å²) in [6.45, 7) is 4.22. The Balaban J connectivity index is 1.30. The van der Waals surface area contributed by atoms with E-state index in [4.69, 9.17) is 4.18 Å². The average Bonchev–Trinajstić information content (AvgIpc) is 3.15. The lowest BCUT2D eigenvalue weighted by molar-refractivity contribution is -0.132. The molecule has 4 aliphatic rings. The predicted molar refractivity (Wildman–Crippen MR) is 132 cm³/mol. The molecule has 0 bridgehead atoms. The van der Waals surface area contributed by atoms with E-state index in [1.807, 2.05) is 6.08 Å². The molecule has 34 heavy (non-hydrogen) atoms. The summed E-state index contributed by atoms with van der Waals surface area (Å²) in [4.78, 5) is 25.4. The summed E-state index contributed by atoms with van der Waals surface area (Å²) in [5.41, 5.74) is 1.36. The Hall–Kier alpha value is -1.31. The highest BCUT2D eigenvalue weighted by molar-refractivity contribution is 9.10. The first-order valence-electron chi connectivity index (χ1n) is 12.5. The number of carbonyl (C=O) groups is 2. The lowest BCUT2D eigenvalue weighted by Crippen LogP contribution is -2.51. The van der Waals surface area contributed by atoms with E-state index in [0.717, 1.165) is 49.4 Å². The molecule has 1 aromatic carbocycles. The van der Waals surface area contributed by atoms with Crippen LogP contribution in [0.1, 0.15) is 65.2 Å². The highest BCUT2D eigenvalue weighted by Gasteiger charge is 2.60. The molecule has 0 heterocycles. The number of carbonyl (C=O) groups excluding carboxylic acids is 2. The van der Waals surface area contributed by atoms with Gasteiger partial charge in [-0.05, 0) is 104 Å². The molecule has 3 unspecified atom stereocenters. The molecule has 4 aliphatic carbocycles. The second-order valence-corrected chi connectivity index (χ2v) is 13.8. The molecule has 0 radical (unpaired) electrons. The third kappa shape index (κ3) is 3.96. The minimum atomic E-state index is -3.97. The highest BCUT2D eigenvalue weighted by atomic mass is 79.9. The van der Waals surface area contributed by atoms with Crippen molar-refractivity contribution in [2.24, 2.45) is 34.5 Å². The van der Waals surface area contributed by atoms with E-state index in [-0.39, 0.29) is 33.2 Å². The summed E-state index contributed by atoms with van der Waals surface area (Å²) in [6, 6.07) is 6.24. The van der Waals surface area contributed by atoms with E-state index in [2.05, 4.69) is 29.8 Å². The van der Waals surface area contributed by atoms with Gasteiger partial charge < -0.3 is 0 Å². The zero-order chi connectivity index (χ0) is 24.3. The Morgan fingerprint density at radius 2 is 1.76 bits per heavy atom. The van der Waals surface area contributed by atoms with Gasteiger partial charge in [0.15, 0.2) is 11.6 Å². The second kappa shape index (κ2) is 8.67. The molecule has 3 fully saturated rings. The third-order valence-corrected chi connectivity index (χ3v) is 11.6. The summed E-state index contributed by atoms with van der Waals surface area (Å²) >= 11 is 3.30. The van der Waals surface area contributed by atoms with Crippen LogP contribution in [-0.4, -0.2) is 26.6 Å². The molecule has 0 N–H and O–H groups in total. The van der Waals surface area contributed by atoms with Gasteiger partial charge in [-0.15, -0.1) is 0 Å². The summed E-state index contributed by atoms with van der Waals surface area (Å²) in [5.74, 6) is 1.64. The number of Topliss-reactive ketones (excluding diaryl/α,β-unsaturated/α-hetero) is 1. The van der Waals surface area contributed by atoms with E-state index >= 15 is 0 Å². The quantitative estimate of drug-likeness (QED) is 0.430. The first-order valence-corrected chi connectivity index (χ1v) is 14.7. The molecule has 5 nitrogen and oxygen atoms in total. The van der Waals surface area contributed by atoms with Crippen LogP contribution in [0.15, 0.2) is 45.3 Å². The lowest BCUT2D eigenvalue weighted by Gasteiger charge is -2.58. The topological polar surface area (TPSA) is 77.5 Å². The number of hydrogen-bond donors (Lipinski definition) is 0. The number of ketones is 2. The number of rotatable bonds is 5. The maximum absolute atomic E-state index is 13.3. The standard InChI is InChI=1S/C27H33BrO5S/c1-26-13-11-19(29)15-17(26)3-8-21-22-9-10-24(27(22,2)14-12-23(21)26)25(30)16-33-34(31,32)20-6-4-18(28)5-7-20/h4-7,15,21-24H,3,8-14,16H2,1-2H3/t21?,22?,23?,24-,26+,27+/m1/s1. The lowest BCUT2D eigenvalue weighted by atomic mass is 9.46. The van der Waals surface area contributed by atoms with Crippen molar-refractivity contribution < 1.29 is 22.2 Å². The Morgan fingerprint density at radius 1 is 1.03 bits per heavy atom. The fourth-order valence-corrected chi connectivity index (χ4v) is 9.13. The number of halogens is 1. The van der Waals surface area contributed by atoms with Crippen molar-refractivity contribution in [2.45, 2.75) is 70.1 Å². The van der Waals surface area contributed by atoms with Crippen molar-refractivity contribution in [3.05, 3.63) is 40.4 Å². The molecular weight excluding hydrogens is 516 g/mol. The molecular formula is C27H33BrO5S. The van der Waals surface area contributed by atoms with Crippen LogP contribution in [0.25, 0.3) is 0 Å². The van der Waals surface area contributed by atoms with Crippen molar-refractivity contribution in [2.75, 3.05) is 6.61 Å². The largest absolute Gasteiger partial charge is 0.297 e. The predicted octanol–water partition coefficient (Wildman–Crippen LogP) is 5.87. The monoisotopic (exact) mass is 548 g/mol. The average molecular weight is 550 g/mol. The second-order valence-electron chi connectivity index (χ2n) is 11.3. The molecule has 0 aromatic heterocycles. The van der Waals surface area contributed by atoms with Crippen molar-refractivity contribution in [3.8, 4) is 0 Å². The van der Waals surface area contributed by atoms with Crippen molar-refractivity contribution >= 4 is 37.6 Å². The van der Waals surface area contributed by atoms with Crippen molar-refractivity contribution in [3.63, 3.8) is 0 Å². The minimum absolute atomic E-state index is 0.0600. The van der Waals surface area contributed by atoms with Crippen LogP contribution in [0.2, 0.25) is 0 Å². The van der Waals surface area contributed by atoms with Crippen LogP contribution < -0.4 is 0 Å². The maximum Gasteiger partial charge on any atom is 0.297 e. The van der Waals surface area contributed by atoms with Crippen molar-refractivity contribution in [1.82, 2.24) is 0 Å². The number of benzene rings is 1. The van der Waals surface area contributed by atoms with Gasteiger partial charge in [0.2, 0.25) is 0 Å². The Labute approximate surface area is 211 Å². The zero-order valence-electron chi connectivity index (χ0n) is 19.9. The zero-order valence-corrected chi connectivity index (χ0v) is 22.3. The minimum Gasteiger partial charge on any atom is -0.297 e. The van der Waals surface area contributed by atoms with Gasteiger partial charge in [-0.2, -0.15) is 8.42 Å². The van der Waals surface area contributed by atoms with Crippen LogP contribution in [0, 0.1) is 34.5 Å². The summed E-state index contributed by atoms with van der Waals surface area (Å²) < 4.78 is 31.2. The maximum atomic E-state index is 13.3. The smallest absolute Gasteiger partial charge is 0.297 e. The first kappa shape index (κ1) is 24.4. The van der Waals surface area contributed by atoms with Crippen LogP contribution in [-0.2, 0) is 23.9 Å². The molecule has 0 saturated heterocycles. The van der Waals surface area contributed by atoms with Gasteiger partial charge >= 0.3 is 0 Å². The van der Waals surface area contributed by atoms with Gasteiger partial charge in [-0.3, -0.25) is 13.8 Å². The van der Waals surface area contributed by atoms with Gasteiger partial charge in [0.05, 0.1) is 4.90 Å². The molecule has 3 saturated carbocycles. The van der Waals surface area contributed by atoms with Crippen LogP contribution in [0.4, 0.5) is 0 Å². The number of hydrogen-bond acceptors (Lipinski definition) is 5. The SMILES string of the molecule is C[C@]12CCC(=O)C=C1CCC1C2CC[C@@]2(C)C1CC[C@@H]2C(=O)COS(=O)(=O)c1ccc(Br)cc1. The molecule has 0 amide bonds. The third-order valence-electron chi connectivity index (χ3n) is 9.81. The summed E-state index contributed by atoms with van der Waals surface area (Å²) in [5, 5.41) is 0. The molecule has 7 heteroatoms. The summed E-state index contributed by atoms with van der Waals surface area (Å²) in [7, 11) is -3.97. The van der Waals surface area contributed by atoms with E-state index in [1.54, 1.807) is 12.1 Å². The number of fused-ring (bicyclic) bond motifs is 5.